The fourth-order valence-electron chi connectivity index (χ4n) is 17.2. The summed E-state index contributed by atoms with van der Waals surface area (Å²) in [4.78, 5) is 275. The highest BCUT2D eigenvalue weighted by Gasteiger charge is 2.45. The molecule has 0 saturated carbocycles. The lowest BCUT2D eigenvalue weighted by atomic mass is 10.1. The number of amides is 20. The number of rotatable bonds is 29. The molecule has 10 saturated heterocycles. The van der Waals surface area contributed by atoms with Gasteiger partial charge in [-0.2, -0.15) is 0 Å². The van der Waals surface area contributed by atoms with Crippen LogP contribution in [0, 0.1) is 0 Å². The molecule has 140 heavy (non-hydrogen) atoms. The Morgan fingerprint density at radius 1 is 0.236 bits per heavy atom. The van der Waals surface area contributed by atoms with E-state index in [1.165, 1.54) is 0 Å². The summed E-state index contributed by atoms with van der Waals surface area (Å²) in [5.74, 6) is -4.70. The first-order valence-electron chi connectivity index (χ1n) is 48.4. The van der Waals surface area contributed by atoms with E-state index < -0.39 is 89.5 Å². The van der Waals surface area contributed by atoms with Crippen molar-refractivity contribution < 1.29 is 120 Å². The number of piperazine rings is 5. The van der Waals surface area contributed by atoms with Crippen LogP contribution in [0.4, 0.5) is 24.0 Å². The third-order valence-corrected chi connectivity index (χ3v) is 26.4. The predicted molar refractivity (Wildman–Crippen MR) is 509 cm³/mol. The first-order valence-corrected chi connectivity index (χ1v) is 48.4. The van der Waals surface area contributed by atoms with Gasteiger partial charge in [0, 0.05) is 224 Å². The summed E-state index contributed by atoms with van der Waals surface area (Å²) >= 11 is 0. The number of nitrogens with one attached hydrogen (secondary N) is 10. The Labute approximate surface area is 822 Å². The summed E-state index contributed by atoms with van der Waals surface area (Å²) in [6.45, 7) is 32.8. The van der Waals surface area contributed by atoms with Gasteiger partial charge in [-0.05, 0) is 191 Å². The van der Waals surface area contributed by atoms with Gasteiger partial charge in [0.2, 0.25) is 29.5 Å². The number of carbonyl (C=O) groups excluding carboxylic acids is 20. The molecule has 794 valence electrons. The molecule has 20 amide bonds. The number of hydroxylamine groups is 10. The fraction of sp³-hybridized carbons (Fsp3) is 0.778. The Balaban J connectivity index is 0.000000349. The van der Waals surface area contributed by atoms with E-state index in [0.29, 0.717) is 146 Å². The van der Waals surface area contributed by atoms with Crippen LogP contribution in [0.5, 0.6) is 0 Å². The third-order valence-electron chi connectivity index (χ3n) is 26.4. The number of nitrogens with zero attached hydrogens (tertiary/aromatic N) is 15. The van der Waals surface area contributed by atoms with E-state index in [-0.39, 0.29) is 154 Å². The molecule has 0 aromatic rings. The zero-order valence-corrected chi connectivity index (χ0v) is 86.5. The SMILES string of the molecule is CC1C(C(=O)N[13CH3])N([13CH3])[13CH2][13CH]([13CH3])[15N]1[13CH3].CC1C(C(=O)[15NH]CCCC[15NH][13C](=O)ON2C(=O)CCC2=O)[15N]([13CH3])[13CH2][13CH]([13CH3])[15N]1[13CH3].CC1[13CH](C(=O)N[13CH3])N([13CH3])[13CH2][13CH]([13CH3])[15N]1[13CH3].CC1[13CH](C(=O)[15NH]CCCC[15NH][13C](=O)ON2C(=O)CCC2=O)N([13CH3])[13CH2][13CH]([13CH3])[15N]1[13CH3].C[13CH]1[13CH](C(=O)[15NH]CCCC[15NH][13C](=O)ON2C(=O)CCC2=O)N([13CH3])[13CH2][13CH]([13CH3])N1[13CH3].[13CH3][13CH2][13CH2]NC(=O)ON1C(=O)CCC1=O.[13CH3][13CH2][13CH2]NC(=O)ON1C(=O)CCC1=O. The molecule has 50 nitrogen and oxygen atoms in total. The Morgan fingerprint density at radius 2 is 0.379 bits per heavy atom. The molecule has 0 spiro atoms. The van der Waals surface area contributed by atoms with Crippen molar-refractivity contribution in [3.63, 3.8) is 0 Å². The molecule has 15 atom stereocenters. The summed E-state index contributed by atoms with van der Waals surface area (Å²) < 4.78 is 0. The molecular weight excluding hydrogens is 1880 g/mol. The van der Waals surface area contributed by atoms with Crippen LogP contribution in [0.25, 0.3) is 0 Å². The molecule has 50 heteroatoms. The smallest absolute Gasteiger partial charge is 0.358 e. The minimum Gasteiger partial charge on any atom is -0.358 e. The molecule has 0 aliphatic carbocycles. The lowest BCUT2D eigenvalue weighted by Gasteiger charge is -2.46. The van der Waals surface area contributed by atoms with E-state index in [1.54, 1.807) is 14.1 Å². The maximum absolute atomic E-state index is 12.5. The van der Waals surface area contributed by atoms with Crippen molar-refractivity contribution in [2.45, 2.75) is 289 Å². The summed E-state index contributed by atoms with van der Waals surface area (Å²) in [5, 5.41) is 29.1. The van der Waals surface area contributed by atoms with Gasteiger partial charge in [-0.15, -0.1) is 25.3 Å². The van der Waals surface area contributed by atoms with Crippen LogP contribution in [0.1, 0.15) is 199 Å². The molecule has 0 radical (unpaired) electrons. The lowest BCUT2D eigenvalue weighted by Crippen LogP contribution is -2.64. The normalized spacial score (nSPS) is 26.2. The Morgan fingerprint density at radius 3 is 0.529 bits per heavy atom. The van der Waals surface area contributed by atoms with Crippen LogP contribution < -0.4 is 53.2 Å². The maximum atomic E-state index is 12.5. The zero-order chi connectivity index (χ0) is 105. The predicted octanol–water partition coefficient (Wildman–Crippen LogP) is -1.03. The largest absolute Gasteiger partial charge is 0.432 e. The van der Waals surface area contributed by atoms with Gasteiger partial charge >= 0.3 is 30.5 Å². The van der Waals surface area contributed by atoms with Crippen LogP contribution in [-0.2, 0) is 96.1 Å². The molecule has 10 aliphatic rings. The second kappa shape index (κ2) is 60.3. The molecule has 10 rings (SSSR count). The Hall–Kier alpha value is -11.0. The molecule has 0 bridgehead atoms. The van der Waals surface area contributed by atoms with Gasteiger partial charge in [0.25, 0.3) is 59.1 Å². The number of carbonyl (C=O) groups is 20. The van der Waals surface area contributed by atoms with Gasteiger partial charge in [-0.3, -0.25) is 121 Å². The average Bonchev–Trinajstić information content (AvgIpc) is 0.969. The summed E-state index contributed by atoms with van der Waals surface area (Å²) in [6.07, 6.45) is 2.27. The molecule has 10 N–H and O–H groups in total. The monoisotopic (exact) mass is 2040 g/mol. The van der Waals surface area contributed by atoms with E-state index in [4.69, 9.17) is 14.5 Å². The minimum atomic E-state index is -0.831. The molecular formula is C90H159N25O25. The van der Waals surface area contributed by atoms with Crippen molar-refractivity contribution in [2.75, 3.05) is 170 Å². The van der Waals surface area contributed by atoms with Crippen LogP contribution in [0.15, 0.2) is 0 Å². The average molecular weight is 2040 g/mol. The van der Waals surface area contributed by atoms with E-state index in [1.807, 2.05) is 70.2 Å². The number of likely N-dealkylation sites (N-methyl/N-ethyl adjacent to an activating group) is 12. The molecule has 15 unspecified atom stereocenters. The molecule has 10 heterocycles. The van der Waals surface area contributed by atoms with Crippen molar-refractivity contribution in [3.05, 3.63) is 0 Å². The second-order valence-corrected chi connectivity index (χ2v) is 36.9. The van der Waals surface area contributed by atoms with Crippen molar-refractivity contribution in [2.24, 2.45) is 0 Å². The Kier molecular flexibility index (Phi) is 52.3. The number of unbranched alkanes of at least 4 members (excludes halogenated alkanes) is 3. The summed E-state index contributed by atoms with van der Waals surface area (Å²) in [5.41, 5.74) is 0. The van der Waals surface area contributed by atoms with E-state index >= 15 is 0 Å². The van der Waals surface area contributed by atoms with Crippen molar-refractivity contribution in [1.82, 2.24) is 127 Å². The van der Waals surface area contributed by atoms with Gasteiger partial charge in [-0.25, -0.2) is 24.0 Å². The summed E-state index contributed by atoms with van der Waals surface area (Å²) in [7, 11) is 23.6. The molecule has 10 fully saturated rings. The van der Waals surface area contributed by atoms with Crippen molar-refractivity contribution in [1.29, 1.82) is 0 Å². The Bertz CT molecular complexity index is 3770. The number of hydrogen-bond acceptors (Lipinski definition) is 35. The zero-order valence-electron chi connectivity index (χ0n) is 86.5. The maximum Gasteiger partial charge on any atom is 0.432 e. The van der Waals surface area contributed by atoms with Crippen LogP contribution in [0.3, 0.4) is 0 Å². The molecule has 0 aromatic heterocycles. The minimum absolute atomic E-state index is 0.00665. The molecule has 0 aromatic carbocycles. The standard InChI is InChI=1S/3C18H31N5O5.2C10H21N3O.2C8H12N2O4/c3*1-12-11-21(3)16(13(2)22(12)4)17(26)19-9-5-6-10-20-18(27)28-23-14(24)7-8-15(23)25;2*1-7-6-12(4)9(10(14)11-3)8(2)13(7)5;2*1-2-5-9-8(13)14-10-6(11)3-4-7(10)12/h3*12-13,16H,5-11H2,1-4H3,(H,19,26)(H,20,27);2*7-9H,6H2,1-5H3,(H,11,14);2*2-5H2,1H3,(H,9,13)/i1+1,3+1,4+1,11+1,12+1,18+1,19+1,20+1,21+1,22+1;1+1,3+1,4+1,11+1,12+1,16+1,18+1,19+1,20+1,22+1;1+1,3+1,4+1,11+1,12+1,13+1,16+1,18+1,19+1,20+1;1+1,3+1,4+1,5+1,6+1,7+1,9+1,13+1;1+1,3+1,4+1,5+1,6+1,7+1,13+1;2*1+1,2+1,5+1. The summed E-state index contributed by atoms with van der Waals surface area (Å²) in [6, 6.07) is 2.52. The van der Waals surface area contributed by atoms with Crippen molar-refractivity contribution >= 4 is 119 Å². The van der Waals surface area contributed by atoms with Gasteiger partial charge in [0.05, 0.1) is 0 Å². The number of imide groups is 5. The van der Waals surface area contributed by atoms with Crippen LogP contribution in [0.2, 0.25) is 0 Å². The van der Waals surface area contributed by atoms with Gasteiger partial charge in [0.1, 0.15) is 30.2 Å². The second-order valence-electron chi connectivity index (χ2n) is 36.9. The fourth-order valence-corrected chi connectivity index (χ4v) is 17.2. The van der Waals surface area contributed by atoms with Crippen LogP contribution >= 0.6 is 0 Å². The quantitative estimate of drug-likeness (QED) is 0.0185. The highest BCUT2D eigenvalue weighted by molar-refractivity contribution is 6.04. The van der Waals surface area contributed by atoms with E-state index in [2.05, 4.69) is 195 Å². The van der Waals surface area contributed by atoms with Crippen molar-refractivity contribution in [3.8, 4) is 0 Å². The topological polar surface area (TPSA) is 556 Å². The van der Waals surface area contributed by atoms with E-state index in [0.717, 1.165) is 45.6 Å². The first kappa shape index (κ1) is 121. The first-order chi connectivity index (χ1) is 65.9. The third kappa shape index (κ3) is 37.1. The van der Waals surface area contributed by atoms with Gasteiger partial charge in [-0.1, -0.05) is 13.8 Å². The van der Waals surface area contributed by atoms with Crippen LogP contribution in [-0.4, -0.2) is 454 Å². The van der Waals surface area contributed by atoms with Gasteiger partial charge < -0.3 is 77.4 Å². The lowest BCUT2D eigenvalue weighted by molar-refractivity contribution is -0.172. The highest BCUT2D eigenvalue weighted by Crippen LogP contribution is 2.26. The van der Waals surface area contributed by atoms with Gasteiger partial charge in [0.15, 0.2) is 0 Å². The van der Waals surface area contributed by atoms with E-state index in [9.17, 15) is 95.9 Å². The molecule has 10 aliphatic heterocycles. The number of hydrogen-bond donors (Lipinski definition) is 10. The highest BCUT2D eigenvalue weighted by atomic mass is 16.8.